The van der Waals surface area contributed by atoms with Gasteiger partial charge in [-0.1, -0.05) is 12.1 Å². The third kappa shape index (κ3) is 1.73. The van der Waals surface area contributed by atoms with Crippen molar-refractivity contribution in [3.63, 3.8) is 0 Å². The third-order valence-electron chi connectivity index (χ3n) is 3.96. The Hall–Kier alpha value is -1.68. The summed E-state index contributed by atoms with van der Waals surface area (Å²) in [6, 6.07) is 9.19. The van der Waals surface area contributed by atoms with Gasteiger partial charge < -0.3 is 0 Å². The predicted octanol–water partition coefficient (Wildman–Crippen LogP) is 2.41. The molecule has 1 aromatic carbocycles. The lowest BCUT2D eigenvalue weighted by Crippen LogP contribution is -2.37. The van der Waals surface area contributed by atoms with Gasteiger partial charge in [0.1, 0.15) is 0 Å². The second-order valence-corrected chi connectivity index (χ2v) is 5.28. The van der Waals surface area contributed by atoms with Crippen molar-refractivity contribution < 1.29 is 0 Å². The summed E-state index contributed by atoms with van der Waals surface area (Å²) in [5, 5.41) is 2.06. The molecule has 94 valence electrons. The first-order chi connectivity index (χ1) is 8.90. The van der Waals surface area contributed by atoms with Gasteiger partial charge in [-0.2, -0.15) is 0 Å². The fourth-order valence-electron chi connectivity index (χ4n) is 2.74. The molecular weight excluding hydrogens is 224 g/mol. The molecule has 2 heterocycles. The van der Waals surface area contributed by atoms with Crippen LogP contribution >= 0.6 is 0 Å². The first-order valence-electron chi connectivity index (χ1n) is 6.76. The zero-order valence-electron chi connectivity index (χ0n) is 10.4. The summed E-state index contributed by atoms with van der Waals surface area (Å²) in [4.78, 5) is 2.59. The number of rotatable bonds is 2. The number of benzene rings is 1. The minimum Gasteiger partial charge on any atom is -0.296 e. The van der Waals surface area contributed by atoms with E-state index in [2.05, 4.69) is 51.2 Å². The van der Waals surface area contributed by atoms with Gasteiger partial charge in [0, 0.05) is 25.6 Å². The molecule has 0 atom stereocenters. The number of anilines is 2. The molecule has 0 aromatic heterocycles. The molecule has 0 bridgehead atoms. The van der Waals surface area contributed by atoms with E-state index in [4.69, 9.17) is 0 Å². The summed E-state index contributed by atoms with van der Waals surface area (Å²) in [7, 11) is 0. The molecule has 4 rings (SSSR count). The maximum atomic E-state index is 3.40. The predicted molar refractivity (Wildman–Crippen MR) is 72.8 cm³/mol. The van der Waals surface area contributed by atoms with Crippen molar-refractivity contribution in [3.05, 3.63) is 36.0 Å². The van der Waals surface area contributed by atoms with Gasteiger partial charge in [0.2, 0.25) is 0 Å². The summed E-state index contributed by atoms with van der Waals surface area (Å²) >= 11 is 0. The average Bonchev–Trinajstić information content (AvgIpc) is 3.18. The Kier molecular flexibility index (Phi) is 2.23. The molecule has 4 heteroatoms. The van der Waals surface area contributed by atoms with Crippen LogP contribution in [0.5, 0.6) is 0 Å². The van der Waals surface area contributed by atoms with E-state index in [0.717, 1.165) is 30.4 Å². The number of hydrazine groups is 2. The monoisotopic (exact) mass is 242 g/mol. The molecule has 1 saturated carbocycles. The van der Waals surface area contributed by atoms with Crippen molar-refractivity contribution in [3.8, 4) is 0 Å². The molecule has 0 unspecified atom stereocenters. The number of nitrogens with zero attached hydrogens (tertiary/aromatic N) is 2. The van der Waals surface area contributed by atoms with E-state index in [0.29, 0.717) is 0 Å². The minimum absolute atomic E-state index is 0.875. The standard InChI is InChI=1S/C14H18N4/c1-2-4-14-13(3-1)15-18(16-14)12-7-9-17(10-8-12)11-5-6-11/h1-4,7,11,15-16H,5-6,8-10H2. The SMILES string of the molecule is C1=C(N2Nc3ccccc3N2)CCN(C2CC2)C1. The van der Waals surface area contributed by atoms with Crippen LogP contribution in [0.3, 0.4) is 0 Å². The molecule has 1 fully saturated rings. The lowest BCUT2D eigenvalue weighted by atomic mass is 10.2. The highest BCUT2D eigenvalue weighted by atomic mass is 15.8. The quantitative estimate of drug-likeness (QED) is 0.833. The number of nitrogens with one attached hydrogen (secondary N) is 2. The van der Waals surface area contributed by atoms with Crippen molar-refractivity contribution in [2.24, 2.45) is 0 Å². The Morgan fingerprint density at radius 2 is 1.78 bits per heavy atom. The van der Waals surface area contributed by atoms with Crippen LogP contribution in [-0.4, -0.2) is 29.1 Å². The molecule has 0 saturated heterocycles. The smallest absolute Gasteiger partial charge is 0.0811 e. The topological polar surface area (TPSA) is 30.5 Å². The normalized spacial score (nSPS) is 23.1. The number of hydrogen-bond donors (Lipinski definition) is 2. The Labute approximate surface area is 107 Å². The molecule has 0 radical (unpaired) electrons. The average molecular weight is 242 g/mol. The largest absolute Gasteiger partial charge is 0.296 e. The lowest BCUT2D eigenvalue weighted by molar-refractivity contribution is 0.267. The maximum absolute atomic E-state index is 3.40. The highest BCUT2D eigenvalue weighted by Gasteiger charge is 2.31. The van der Waals surface area contributed by atoms with Crippen molar-refractivity contribution >= 4 is 11.4 Å². The number of para-hydroxylation sites is 2. The van der Waals surface area contributed by atoms with Gasteiger partial charge in [0.15, 0.2) is 0 Å². The summed E-state index contributed by atoms with van der Waals surface area (Å²) in [6.07, 6.45) is 6.25. The van der Waals surface area contributed by atoms with Crippen LogP contribution in [0.15, 0.2) is 36.0 Å². The molecule has 4 nitrogen and oxygen atoms in total. The highest BCUT2D eigenvalue weighted by Crippen LogP contribution is 2.33. The van der Waals surface area contributed by atoms with Crippen molar-refractivity contribution in [1.82, 2.24) is 10.0 Å². The summed E-state index contributed by atoms with van der Waals surface area (Å²) in [5.74, 6) is 0. The minimum atomic E-state index is 0.875. The van der Waals surface area contributed by atoms with Gasteiger partial charge in [0.25, 0.3) is 0 Å². The summed E-state index contributed by atoms with van der Waals surface area (Å²) in [5.41, 5.74) is 10.5. The van der Waals surface area contributed by atoms with E-state index in [1.807, 2.05) is 0 Å². The molecule has 0 amide bonds. The first kappa shape index (κ1) is 10.3. The van der Waals surface area contributed by atoms with Crippen LogP contribution in [0, 0.1) is 0 Å². The Balaban J connectivity index is 1.47. The number of hydrogen-bond acceptors (Lipinski definition) is 4. The van der Waals surface area contributed by atoms with E-state index in [1.54, 1.807) is 0 Å². The van der Waals surface area contributed by atoms with Gasteiger partial charge >= 0.3 is 0 Å². The molecule has 18 heavy (non-hydrogen) atoms. The molecule has 1 aliphatic carbocycles. The Bertz CT molecular complexity index is 467. The van der Waals surface area contributed by atoms with Gasteiger partial charge in [-0.25, -0.2) is 5.12 Å². The maximum Gasteiger partial charge on any atom is 0.0811 e. The first-order valence-corrected chi connectivity index (χ1v) is 6.76. The lowest BCUT2D eigenvalue weighted by Gasteiger charge is -2.30. The van der Waals surface area contributed by atoms with E-state index in [-0.39, 0.29) is 0 Å². The molecule has 2 aliphatic heterocycles. The van der Waals surface area contributed by atoms with E-state index >= 15 is 0 Å². The Morgan fingerprint density at radius 1 is 1.06 bits per heavy atom. The van der Waals surface area contributed by atoms with E-state index < -0.39 is 0 Å². The van der Waals surface area contributed by atoms with Crippen LogP contribution < -0.4 is 10.9 Å². The molecule has 2 N–H and O–H groups in total. The Morgan fingerprint density at radius 3 is 2.33 bits per heavy atom. The van der Waals surface area contributed by atoms with Crippen LogP contribution in [0.2, 0.25) is 0 Å². The van der Waals surface area contributed by atoms with Gasteiger partial charge in [0.05, 0.1) is 17.1 Å². The summed E-state index contributed by atoms with van der Waals surface area (Å²) in [6.45, 7) is 2.28. The van der Waals surface area contributed by atoms with Crippen molar-refractivity contribution in [2.45, 2.75) is 25.3 Å². The van der Waals surface area contributed by atoms with Crippen molar-refractivity contribution in [1.29, 1.82) is 0 Å². The second kappa shape index (κ2) is 3.92. The van der Waals surface area contributed by atoms with E-state index in [1.165, 1.54) is 25.1 Å². The van der Waals surface area contributed by atoms with Crippen LogP contribution in [0.25, 0.3) is 0 Å². The third-order valence-corrected chi connectivity index (χ3v) is 3.96. The fourth-order valence-corrected chi connectivity index (χ4v) is 2.74. The van der Waals surface area contributed by atoms with Gasteiger partial charge in [-0.3, -0.25) is 15.8 Å². The highest BCUT2D eigenvalue weighted by molar-refractivity contribution is 5.71. The van der Waals surface area contributed by atoms with Gasteiger partial charge in [-0.15, -0.1) is 0 Å². The van der Waals surface area contributed by atoms with Crippen LogP contribution in [-0.2, 0) is 0 Å². The second-order valence-electron chi connectivity index (χ2n) is 5.28. The molecule has 1 aromatic rings. The summed E-state index contributed by atoms with van der Waals surface area (Å²) < 4.78 is 0. The van der Waals surface area contributed by atoms with Gasteiger partial charge in [-0.05, 0) is 31.1 Å². The zero-order valence-corrected chi connectivity index (χ0v) is 10.4. The molecular formula is C14H18N4. The number of fused-ring (bicyclic) bond motifs is 1. The van der Waals surface area contributed by atoms with Crippen molar-refractivity contribution in [2.75, 3.05) is 23.9 Å². The van der Waals surface area contributed by atoms with E-state index in [9.17, 15) is 0 Å². The van der Waals surface area contributed by atoms with Crippen LogP contribution in [0.1, 0.15) is 19.3 Å². The zero-order chi connectivity index (χ0) is 11.9. The van der Waals surface area contributed by atoms with Crippen LogP contribution in [0.4, 0.5) is 11.4 Å². The fraction of sp³-hybridized carbons (Fsp3) is 0.429. The molecule has 3 aliphatic rings. The molecule has 0 spiro atoms.